The van der Waals surface area contributed by atoms with E-state index in [4.69, 9.17) is 75.8 Å². The first-order valence-electron chi connectivity index (χ1n) is 33.8. The molecule has 4 aliphatic carbocycles. The van der Waals surface area contributed by atoms with Crippen LogP contribution >= 0.6 is 0 Å². The van der Waals surface area contributed by atoms with E-state index in [9.17, 15) is 91.3 Å². The molecule has 16 N–H and O–H groups in total. The molecule has 0 aromatic carbocycles. The molecule has 8 saturated heterocycles. The number of carbonyl (C=O) groups excluding carboxylic acids is 2. The zero-order valence-corrected chi connectivity index (χ0v) is 55.2. The lowest BCUT2D eigenvalue weighted by molar-refractivity contribution is -0.387. The van der Waals surface area contributed by atoms with E-state index in [1.165, 1.54) is 20.8 Å². The van der Waals surface area contributed by atoms with Gasteiger partial charge in [0, 0.05) is 31.6 Å². The number of fused-ring (bicyclic) bond motifs is 7. The Morgan fingerprint density at radius 2 is 1.27 bits per heavy atom. The maximum absolute atomic E-state index is 12.8. The molecule has 34 nitrogen and oxygen atoms in total. The molecule has 0 unspecified atom stereocenters. The van der Waals surface area contributed by atoms with E-state index in [2.05, 4.69) is 26.5 Å². The number of allylic oxidation sites excluding steroid dienone is 1. The summed E-state index contributed by atoms with van der Waals surface area (Å²) < 4.78 is 98.6. The van der Waals surface area contributed by atoms with E-state index in [0.29, 0.717) is 25.7 Å². The van der Waals surface area contributed by atoms with Crippen LogP contribution in [0.3, 0.4) is 0 Å². The number of ether oxygens (including phenoxy) is 16. The lowest BCUT2D eigenvalue weighted by Gasteiger charge is -2.61. The van der Waals surface area contributed by atoms with Crippen molar-refractivity contribution >= 4 is 11.9 Å². The van der Waals surface area contributed by atoms with E-state index in [1.54, 1.807) is 0 Å². The largest absolute Gasteiger partial charge is 0.465 e. The SMILES string of the molecule is C=C1CO[C@]2(O[C@@H]3C[C@H]4[C@@H]5CC=C6C[C@@H](O)C[C@@H](O[C@H]7OC[C@@H](O)[C@H](O[C@H]8OC[C@H](O)[C@H](O)[C@H]8O)[C@H]7O[C@H]7O[C@H](C)[C@@H](OC(C)=O)[C@@H](O[C@H]8OC[C@@](O)(CO)[C@H]8O)[C@H]7O)[C@]6(C)[C@@H]5CC[C@@]4(C)[C@H]3[C@@H]2COC(C)=O)[C@H](O)[C@@H]1O[C@H]1O[C@@H](C)[C@@H](O[C@H]2O[C@@H](CO)[C@H](O)[C@H](O)[C@H]2O)[C@H](O)[C@H]1O. The summed E-state index contributed by atoms with van der Waals surface area (Å²) in [5, 5.41) is 177. The monoisotopic (exact) mass is 1410 g/mol. The maximum Gasteiger partial charge on any atom is 0.303 e. The molecule has 11 fully saturated rings. The van der Waals surface area contributed by atoms with E-state index in [1.807, 2.05) is 0 Å². The third kappa shape index (κ3) is 13.2. The Kier molecular flexibility index (Phi) is 22.1. The first-order chi connectivity index (χ1) is 46.3. The summed E-state index contributed by atoms with van der Waals surface area (Å²) in [6.45, 7) is 9.84. The number of aliphatic hydroxyl groups is 16. The summed E-state index contributed by atoms with van der Waals surface area (Å²) in [6, 6.07) is 0. The van der Waals surface area contributed by atoms with E-state index in [0.717, 1.165) is 12.5 Å². The normalized spacial score (nSPS) is 54.1. The number of hydrogen-bond donors (Lipinski definition) is 16. The quantitative estimate of drug-likeness (QED) is 0.0476. The van der Waals surface area contributed by atoms with Gasteiger partial charge in [-0.15, -0.1) is 0 Å². The number of hydrogen-bond acceptors (Lipinski definition) is 34. The minimum Gasteiger partial charge on any atom is -0.465 e. The zero-order chi connectivity index (χ0) is 70.7. The van der Waals surface area contributed by atoms with Crippen molar-refractivity contribution in [3.8, 4) is 0 Å². The van der Waals surface area contributed by atoms with Gasteiger partial charge in [0.15, 0.2) is 43.8 Å². The van der Waals surface area contributed by atoms with Crippen LogP contribution in [0.4, 0.5) is 0 Å². The topological polar surface area (TPSA) is 506 Å². The molecule has 0 radical (unpaired) electrons. The molecule has 39 atom stereocenters. The van der Waals surface area contributed by atoms with Gasteiger partial charge in [-0.3, -0.25) is 9.59 Å². The number of carbonyl (C=O) groups is 2. The van der Waals surface area contributed by atoms with Gasteiger partial charge in [-0.1, -0.05) is 32.1 Å². The standard InChI is InChI=1S/C64H98O34/c1-22-16-87-64(53(80)47(22)93-56-45(78)42(75)48(23(2)88-56)94-57-44(77)41(74)40(73)36(15-65)91-57)32(17-83-25(4)67)38-35(98-64)14-31-29-9-8-27-12-28(69)13-37(62(27,7)30(29)10-11-61(31,38)6)92-59-52(50(34(71)19-85-59)95-55-43(76)39(72)33(70)18-84-55)97-58-46(79)51(49(24(3)89-58)90-26(5)68)96-60-54(81)63(82,20-66)21-86-60/h8,23-24,28-60,65-66,69-82H,1,9-21H2,2-7H3/t23-,24+,28+,29+,30+,31-,32-,33-,34+,35+,36-,37+,38-,39-,40-,41-,42+,43+,44+,45+,46+,47+,48+,49+,50-,51-,52+,53+,54-,55+,56+,57+,58+,59+,60+,61+,62-,63-,64+/m0/s1. The molecule has 0 bridgehead atoms. The van der Waals surface area contributed by atoms with Gasteiger partial charge in [-0.2, -0.15) is 0 Å². The Morgan fingerprint density at radius 3 is 1.95 bits per heavy atom. The van der Waals surface area contributed by atoms with Crippen molar-refractivity contribution in [1.82, 2.24) is 0 Å². The van der Waals surface area contributed by atoms with Gasteiger partial charge < -0.3 is 157 Å². The van der Waals surface area contributed by atoms with Gasteiger partial charge in [-0.25, -0.2) is 0 Å². The van der Waals surface area contributed by atoms with Gasteiger partial charge in [0.25, 0.3) is 0 Å². The second kappa shape index (κ2) is 28.9. The van der Waals surface area contributed by atoms with Crippen LogP contribution in [0.2, 0.25) is 0 Å². The highest BCUT2D eigenvalue weighted by molar-refractivity contribution is 5.66. The Labute approximate surface area is 563 Å². The third-order valence-corrected chi connectivity index (χ3v) is 23.4. The smallest absolute Gasteiger partial charge is 0.303 e. The van der Waals surface area contributed by atoms with E-state index >= 15 is 0 Å². The van der Waals surface area contributed by atoms with Crippen LogP contribution in [0.1, 0.15) is 80.1 Å². The Balaban J connectivity index is 0.794. The molecule has 558 valence electrons. The van der Waals surface area contributed by atoms with Gasteiger partial charge >= 0.3 is 11.9 Å². The van der Waals surface area contributed by atoms with Crippen LogP contribution in [-0.4, -0.2) is 336 Å². The van der Waals surface area contributed by atoms with Crippen molar-refractivity contribution in [2.75, 3.05) is 46.2 Å². The average Bonchev–Trinajstić information content (AvgIpc) is 1.59. The van der Waals surface area contributed by atoms with E-state index < -0.39 is 263 Å². The van der Waals surface area contributed by atoms with Crippen molar-refractivity contribution in [2.45, 2.75) is 276 Å². The molecule has 12 rings (SSSR count). The Hall–Kier alpha value is -2.78. The van der Waals surface area contributed by atoms with Crippen LogP contribution < -0.4 is 0 Å². The summed E-state index contributed by atoms with van der Waals surface area (Å²) in [6.07, 6.45) is -42.2. The third-order valence-electron chi connectivity index (χ3n) is 23.4. The first-order valence-corrected chi connectivity index (χ1v) is 33.8. The maximum atomic E-state index is 12.8. The molecule has 1 spiro atoms. The molecule has 34 heteroatoms. The van der Waals surface area contributed by atoms with Crippen molar-refractivity contribution in [1.29, 1.82) is 0 Å². The zero-order valence-electron chi connectivity index (χ0n) is 55.2. The fourth-order valence-corrected chi connectivity index (χ4v) is 18.2. The highest BCUT2D eigenvalue weighted by Gasteiger charge is 2.74. The molecule has 0 aromatic heterocycles. The van der Waals surface area contributed by atoms with Crippen molar-refractivity contribution in [3.05, 3.63) is 23.8 Å². The fraction of sp³-hybridized carbons (Fsp3) is 0.906. The van der Waals surface area contributed by atoms with Gasteiger partial charge in [0.05, 0.1) is 82.7 Å². The number of aliphatic hydroxyl groups excluding tert-OH is 15. The lowest BCUT2D eigenvalue weighted by Crippen LogP contribution is -2.66. The summed E-state index contributed by atoms with van der Waals surface area (Å²) >= 11 is 0. The van der Waals surface area contributed by atoms with Gasteiger partial charge in [0.1, 0.15) is 115 Å². The molecule has 98 heavy (non-hydrogen) atoms. The predicted octanol–water partition coefficient (Wildman–Crippen LogP) is -6.42. The minimum absolute atomic E-state index is 0.0417. The Bertz CT molecular complexity index is 2840. The number of esters is 2. The second-order valence-corrected chi connectivity index (χ2v) is 29.4. The predicted molar refractivity (Wildman–Crippen MR) is 317 cm³/mol. The summed E-state index contributed by atoms with van der Waals surface area (Å²) in [4.78, 5) is 25.4. The van der Waals surface area contributed by atoms with Crippen molar-refractivity contribution in [3.63, 3.8) is 0 Å². The molecular weight excluding hydrogens is 1310 g/mol. The Morgan fingerprint density at radius 1 is 0.633 bits per heavy atom. The molecule has 8 aliphatic heterocycles. The molecular formula is C64H98O34. The molecule has 0 aromatic rings. The molecule has 8 heterocycles. The van der Waals surface area contributed by atoms with Crippen LogP contribution in [0.5, 0.6) is 0 Å². The van der Waals surface area contributed by atoms with Crippen LogP contribution in [0.25, 0.3) is 0 Å². The van der Waals surface area contributed by atoms with Gasteiger partial charge in [-0.05, 0) is 74.7 Å². The van der Waals surface area contributed by atoms with Crippen LogP contribution in [0, 0.1) is 40.4 Å². The van der Waals surface area contributed by atoms with Crippen LogP contribution in [-0.2, 0) is 85.4 Å². The highest BCUT2D eigenvalue weighted by atomic mass is 16.8. The lowest BCUT2D eigenvalue weighted by atomic mass is 9.46. The number of rotatable bonds is 17. The summed E-state index contributed by atoms with van der Waals surface area (Å²) in [7, 11) is 0. The average molecular weight is 1410 g/mol. The molecule has 0 amide bonds. The first kappa shape index (κ1) is 74.9. The fourth-order valence-electron chi connectivity index (χ4n) is 18.2. The van der Waals surface area contributed by atoms with Crippen molar-refractivity contribution < 1.29 is 167 Å². The molecule has 3 saturated carbocycles. The van der Waals surface area contributed by atoms with E-state index in [-0.39, 0.29) is 49.4 Å². The summed E-state index contributed by atoms with van der Waals surface area (Å²) in [5.41, 5.74) is -2.55. The minimum atomic E-state index is -2.17. The van der Waals surface area contributed by atoms with Gasteiger partial charge in [0.2, 0.25) is 5.79 Å². The molecule has 12 aliphatic rings. The van der Waals surface area contributed by atoms with Crippen LogP contribution in [0.15, 0.2) is 23.8 Å². The summed E-state index contributed by atoms with van der Waals surface area (Å²) in [5.74, 6) is -5.01. The van der Waals surface area contributed by atoms with Crippen molar-refractivity contribution in [2.24, 2.45) is 40.4 Å². The second-order valence-electron chi connectivity index (χ2n) is 29.4. The highest BCUT2D eigenvalue weighted by Crippen LogP contribution is 2.71.